The maximum atomic E-state index is 14.6. The van der Waals surface area contributed by atoms with Gasteiger partial charge in [-0.1, -0.05) is 17.7 Å². The Morgan fingerprint density at radius 2 is 1.86 bits per heavy atom. The van der Waals surface area contributed by atoms with Gasteiger partial charge in [-0.05, 0) is 32.8 Å². The molecule has 1 unspecified atom stereocenters. The number of benzene rings is 1. The number of nitrogens with zero attached hydrogens (tertiary/aromatic N) is 6. The first-order chi connectivity index (χ1) is 20.7. The number of allylic oxidation sites excluding steroid dienone is 1. The number of carbonyl (C=O) groups excluding carboxylic acids is 1. The van der Waals surface area contributed by atoms with Gasteiger partial charge in [0.2, 0.25) is 5.95 Å². The van der Waals surface area contributed by atoms with Crippen LogP contribution in [0.1, 0.15) is 48.9 Å². The van der Waals surface area contributed by atoms with Crippen molar-refractivity contribution < 1.29 is 28.2 Å². The highest BCUT2D eigenvalue weighted by atomic mass is 35.5. The van der Waals surface area contributed by atoms with E-state index in [1.165, 1.54) is 17.4 Å². The summed E-state index contributed by atoms with van der Waals surface area (Å²) in [6, 6.07) is 1.03. The molecule has 2 aromatic heterocycles. The fraction of sp³-hybridized carbons (Fsp3) is 0.379. The van der Waals surface area contributed by atoms with Gasteiger partial charge in [0.25, 0.3) is 0 Å². The van der Waals surface area contributed by atoms with Gasteiger partial charge in [-0.25, -0.2) is 28.5 Å². The van der Waals surface area contributed by atoms with Crippen LogP contribution in [0.2, 0.25) is 5.02 Å². The van der Waals surface area contributed by atoms with Crippen molar-refractivity contribution in [1.29, 1.82) is 0 Å². The fourth-order valence-electron chi connectivity index (χ4n) is 5.46. The Labute approximate surface area is 255 Å². The number of aliphatic carboxylic acids is 1. The zero-order valence-electron chi connectivity index (χ0n) is 23.5. The third-order valence-corrected chi connectivity index (χ3v) is 8.54. The second kappa shape index (κ2) is 13.1. The SMILES string of the molecule is CCOC(=O)Cc1cnc(N2CCC(C3=C(C(=O)O)C(c4ccc(F)c(F)c4Cl)N=C(c4nccs4)N3CC)CC2)nc1. The van der Waals surface area contributed by atoms with Gasteiger partial charge >= 0.3 is 11.9 Å². The molecular formula is C29H29ClF2N6O4S. The second-order valence-corrected chi connectivity index (χ2v) is 11.2. The number of carboxylic acid groups (broad SMARTS) is 1. The Morgan fingerprint density at radius 1 is 1.14 bits per heavy atom. The van der Waals surface area contributed by atoms with Crippen LogP contribution in [0.3, 0.4) is 0 Å². The largest absolute Gasteiger partial charge is 0.478 e. The van der Waals surface area contributed by atoms with Crippen LogP contribution >= 0.6 is 22.9 Å². The van der Waals surface area contributed by atoms with E-state index in [1.807, 2.05) is 16.7 Å². The van der Waals surface area contributed by atoms with Gasteiger partial charge in [0.15, 0.2) is 22.5 Å². The highest BCUT2D eigenvalue weighted by molar-refractivity contribution is 7.11. The molecular weight excluding hydrogens is 602 g/mol. The molecule has 43 heavy (non-hydrogen) atoms. The number of hydrogen-bond acceptors (Lipinski definition) is 10. The zero-order chi connectivity index (χ0) is 30.7. The lowest BCUT2D eigenvalue weighted by Gasteiger charge is -2.41. The molecule has 2 aliphatic rings. The van der Waals surface area contributed by atoms with E-state index in [9.17, 15) is 23.5 Å². The van der Waals surface area contributed by atoms with Crippen molar-refractivity contribution in [1.82, 2.24) is 19.9 Å². The Kier molecular flexibility index (Phi) is 9.31. The summed E-state index contributed by atoms with van der Waals surface area (Å²) < 4.78 is 33.5. The highest BCUT2D eigenvalue weighted by Gasteiger charge is 2.41. The molecule has 1 saturated heterocycles. The number of piperidine rings is 1. The van der Waals surface area contributed by atoms with Gasteiger partial charge < -0.3 is 19.6 Å². The number of carboxylic acids is 1. The van der Waals surface area contributed by atoms with Crippen LogP contribution in [0, 0.1) is 17.6 Å². The number of esters is 1. The summed E-state index contributed by atoms with van der Waals surface area (Å²) in [6.45, 7) is 5.43. The van der Waals surface area contributed by atoms with Gasteiger partial charge in [0.05, 0.1) is 23.6 Å². The lowest BCUT2D eigenvalue weighted by molar-refractivity contribution is -0.142. The minimum atomic E-state index is -1.25. The van der Waals surface area contributed by atoms with E-state index < -0.39 is 28.7 Å². The van der Waals surface area contributed by atoms with E-state index in [1.54, 1.807) is 30.9 Å². The quantitative estimate of drug-likeness (QED) is 0.256. The standard InChI is InChI=1S/C29H29ClF2N6O4S/c1-3-38-25(17-7-10-37(11-8-17)29-34-14-16(15-35-29)13-20(39)42-4-2)21(28(40)41)24(36-26(38)27-33-9-12-43-27)18-5-6-19(31)23(32)22(18)30/h5-6,9,12,14-15,17,24H,3-4,7-8,10-11,13H2,1-2H3,(H,40,41). The zero-order valence-corrected chi connectivity index (χ0v) is 25.0. The molecule has 0 saturated carbocycles. The van der Waals surface area contributed by atoms with Crippen molar-refractivity contribution in [2.75, 3.05) is 31.1 Å². The van der Waals surface area contributed by atoms with Crippen LogP contribution in [-0.2, 0) is 20.7 Å². The van der Waals surface area contributed by atoms with Crippen molar-refractivity contribution in [3.63, 3.8) is 0 Å². The van der Waals surface area contributed by atoms with Gasteiger partial charge in [-0.3, -0.25) is 9.79 Å². The average Bonchev–Trinajstić information content (AvgIpc) is 3.55. The number of carbonyl (C=O) groups is 2. The molecule has 1 aromatic carbocycles. The first-order valence-electron chi connectivity index (χ1n) is 13.8. The molecule has 0 radical (unpaired) electrons. The Morgan fingerprint density at radius 3 is 2.47 bits per heavy atom. The third kappa shape index (κ3) is 6.23. The molecule has 1 fully saturated rings. The third-order valence-electron chi connectivity index (χ3n) is 7.39. The van der Waals surface area contributed by atoms with Gasteiger partial charge in [-0.2, -0.15) is 0 Å². The molecule has 0 amide bonds. The van der Waals surface area contributed by atoms with Crippen LogP contribution in [0.5, 0.6) is 0 Å². The fourth-order valence-corrected chi connectivity index (χ4v) is 6.36. The number of anilines is 1. The lowest BCUT2D eigenvalue weighted by atomic mass is 9.84. The van der Waals surface area contributed by atoms with Crippen molar-refractivity contribution in [2.45, 2.75) is 39.2 Å². The normalized spacial score (nSPS) is 17.7. The van der Waals surface area contributed by atoms with E-state index >= 15 is 0 Å². The van der Waals surface area contributed by atoms with Crippen LogP contribution in [-0.4, -0.2) is 69.0 Å². The molecule has 1 atom stereocenters. The monoisotopic (exact) mass is 630 g/mol. The van der Waals surface area contributed by atoms with E-state index in [0.717, 1.165) is 6.07 Å². The number of ether oxygens (including phenoxy) is 1. The molecule has 14 heteroatoms. The highest BCUT2D eigenvalue weighted by Crippen LogP contribution is 2.43. The van der Waals surface area contributed by atoms with E-state index in [4.69, 9.17) is 21.3 Å². The maximum absolute atomic E-state index is 14.6. The van der Waals surface area contributed by atoms with Crippen molar-refractivity contribution >= 4 is 46.7 Å². The summed E-state index contributed by atoms with van der Waals surface area (Å²) in [6.07, 6.45) is 6.05. The smallest absolute Gasteiger partial charge is 0.335 e. The molecule has 226 valence electrons. The topological polar surface area (TPSA) is 121 Å². The van der Waals surface area contributed by atoms with E-state index in [0.29, 0.717) is 67.1 Å². The lowest BCUT2D eigenvalue weighted by Crippen LogP contribution is -2.44. The number of halogens is 3. The molecule has 3 aromatic rings. The van der Waals surface area contributed by atoms with Crippen LogP contribution in [0.15, 0.2) is 52.4 Å². The summed E-state index contributed by atoms with van der Waals surface area (Å²) in [5, 5.41) is 12.4. The Bertz CT molecular complexity index is 1560. The summed E-state index contributed by atoms with van der Waals surface area (Å²) in [4.78, 5) is 46.6. The average molecular weight is 631 g/mol. The summed E-state index contributed by atoms with van der Waals surface area (Å²) in [5.74, 6) is -3.20. The number of hydrogen-bond donors (Lipinski definition) is 1. The minimum Gasteiger partial charge on any atom is -0.478 e. The molecule has 4 heterocycles. The number of rotatable bonds is 9. The number of aliphatic imine (C=N–C) groups is 1. The predicted octanol–water partition coefficient (Wildman–Crippen LogP) is 5.05. The minimum absolute atomic E-state index is 0.0342. The summed E-state index contributed by atoms with van der Waals surface area (Å²) in [5.41, 5.74) is 1.22. The van der Waals surface area contributed by atoms with Crippen molar-refractivity contribution in [3.05, 3.63) is 80.2 Å². The first-order valence-corrected chi connectivity index (χ1v) is 15.1. The van der Waals surface area contributed by atoms with Gasteiger partial charge in [0, 0.05) is 66.3 Å². The maximum Gasteiger partial charge on any atom is 0.335 e. The summed E-state index contributed by atoms with van der Waals surface area (Å²) >= 11 is 7.59. The van der Waals surface area contributed by atoms with Gasteiger partial charge in [-0.15, -0.1) is 11.3 Å². The van der Waals surface area contributed by atoms with Crippen molar-refractivity contribution in [2.24, 2.45) is 10.9 Å². The van der Waals surface area contributed by atoms with Crippen LogP contribution in [0.25, 0.3) is 0 Å². The van der Waals surface area contributed by atoms with Crippen molar-refractivity contribution in [3.8, 4) is 0 Å². The molecule has 0 aliphatic carbocycles. The van der Waals surface area contributed by atoms with E-state index in [2.05, 4.69) is 15.0 Å². The number of amidine groups is 1. The molecule has 5 rings (SSSR count). The molecule has 10 nitrogen and oxygen atoms in total. The number of thiazole rings is 1. The molecule has 2 aliphatic heterocycles. The molecule has 0 bridgehead atoms. The van der Waals surface area contributed by atoms with Gasteiger partial charge in [0.1, 0.15) is 6.04 Å². The van der Waals surface area contributed by atoms with Crippen LogP contribution < -0.4 is 4.90 Å². The second-order valence-electron chi connectivity index (χ2n) is 9.94. The predicted molar refractivity (Wildman–Crippen MR) is 157 cm³/mol. The van der Waals surface area contributed by atoms with Crippen LogP contribution in [0.4, 0.5) is 14.7 Å². The molecule has 0 spiro atoms. The Balaban J connectivity index is 1.47. The number of aromatic nitrogens is 3. The van der Waals surface area contributed by atoms with E-state index in [-0.39, 0.29) is 29.4 Å². The molecule has 1 N–H and O–H groups in total. The summed E-state index contributed by atoms with van der Waals surface area (Å²) in [7, 11) is 0. The first kappa shape index (κ1) is 30.5. The Hall–Kier alpha value is -3.97.